The molecule has 2 heterocycles. The van der Waals surface area contributed by atoms with Crippen LogP contribution in [0, 0.1) is 11.7 Å². The topological polar surface area (TPSA) is 93.2 Å². The quantitative estimate of drug-likeness (QED) is 0.800. The van der Waals surface area contributed by atoms with Crippen LogP contribution in [0.15, 0.2) is 18.2 Å². The van der Waals surface area contributed by atoms with Gasteiger partial charge < -0.3 is 16.0 Å². The molecule has 7 nitrogen and oxygen atoms in total. The molecule has 0 spiro atoms. The number of carbonyl (C=O) groups is 2. The van der Waals surface area contributed by atoms with Crippen LogP contribution in [-0.4, -0.2) is 38.7 Å². The molecule has 0 saturated heterocycles. The fraction of sp³-hybridized carbons (Fsp3) is 0.450. The van der Waals surface area contributed by atoms with Crippen molar-refractivity contribution in [1.29, 1.82) is 0 Å². The first-order chi connectivity index (χ1) is 13.7. The van der Waals surface area contributed by atoms with Gasteiger partial charge >= 0.3 is 6.03 Å². The van der Waals surface area contributed by atoms with Crippen molar-refractivity contribution in [3.63, 3.8) is 0 Å². The van der Waals surface area contributed by atoms with E-state index in [0.29, 0.717) is 36.0 Å². The van der Waals surface area contributed by atoms with Crippen LogP contribution in [0.25, 0.3) is 11.3 Å². The minimum absolute atomic E-state index is 0.0622. The van der Waals surface area contributed by atoms with Crippen molar-refractivity contribution in [2.75, 3.05) is 6.54 Å². The van der Waals surface area contributed by atoms with Gasteiger partial charge in [0.15, 0.2) is 0 Å². The summed E-state index contributed by atoms with van der Waals surface area (Å²) >= 11 is 5.89. The summed E-state index contributed by atoms with van der Waals surface area (Å²) in [7, 11) is 0. The number of hydrogen-bond acceptors (Lipinski definition) is 3. The minimum Gasteiger partial charge on any atom is -0.365 e. The Labute approximate surface area is 173 Å². The Morgan fingerprint density at radius 3 is 2.69 bits per heavy atom. The van der Waals surface area contributed by atoms with E-state index in [1.807, 2.05) is 6.92 Å². The molecule has 1 aromatic carbocycles. The summed E-state index contributed by atoms with van der Waals surface area (Å²) in [5.74, 6) is -0.597. The predicted octanol–water partition coefficient (Wildman–Crippen LogP) is 3.16. The first-order valence-corrected chi connectivity index (χ1v) is 9.96. The Morgan fingerprint density at radius 1 is 1.34 bits per heavy atom. The van der Waals surface area contributed by atoms with Gasteiger partial charge in [-0.15, -0.1) is 0 Å². The van der Waals surface area contributed by atoms with Crippen molar-refractivity contribution in [2.24, 2.45) is 11.7 Å². The SMILES string of the molecule is CC1CC(C)(NC(=O)N2CCn3nc(-c4ccc(F)c(Cl)c4)c(C(N)=O)c3C2)C1. The third-order valence-electron chi connectivity index (χ3n) is 5.71. The summed E-state index contributed by atoms with van der Waals surface area (Å²) in [6, 6.07) is 3.99. The van der Waals surface area contributed by atoms with E-state index >= 15 is 0 Å². The maximum absolute atomic E-state index is 13.5. The average molecular weight is 420 g/mol. The van der Waals surface area contributed by atoms with Crippen molar-refractivity contribution in [1.82, 2.24) is 20.0 Å². The molecular formula is C20H23ClFN5O2. The largest absolute Gasteiger partial charge is 0.365 e. The number of nitrogens with two attached hydrogens (primary N) is 1. The van der Waals surface area contributed by atoms with E-state index < -0.39 is 11.7 Å². The molecule has 0 unspecified atom stereocenters. The zero-order chi connectivity index (χ0) is 20.9. The van der Waals surface area contributed by atoms with Crippen LogP contribution in [-0.2, 0) is 13.1 Å². The molecule has 2 aromatic rings. The summed E-state index contributed by atoms with van der Waals surface area (Å²) in [4.78, 5) is 26.7. The first-order valence-electron chi connectivity index (χ1n) is 9.59. The number of nitrogens with one attached hydrogen (secondary N) is 1. The number of fused-ring (bicyclic) bond motifs is 1. The zero-order valence-electron chi connectivity index (χ0n) is 16.3. The maximum Gasteiger partial charge on any atom is 0.318 e. The van der Waals surface area contributed by atoms with Gasteiger partial charge in [0, 0.05) is 17.6 Å². The summed E-state index contributed by atoms with van der Waals surface area (Å²) in [5.41, 5.74) is 7.10. The van der Waals surface area contributed by atoms with Crippen LogP contribution in [0.2, 0.25) is 5.02 Å². The van der Waals surface area contributed by atoms with E-state index in [1.54, 1.807) is 9.58 Å². The van der Waals surface area contributed by atoms with E-state index in [9.17, 15) is 14.0 Å². The molecule has 1 aliphatic carbocycles. The summed E-state index contributed by atoms with van der Waals surface area (Å²) in [6.07, 6.45) is 1.90. The van der Waals surface area contributed by atoms with E-state index in [4.69, 9.17) is 17.3 Å². The highest BCUT2D eigenvalue weighted by atomic mass is 35.5. The number of amides is 3. The molecule has 0 radical (unpaired) electrons. The van der Waals surface area contributed by atoms with Crippen LogP contribution in [0.4, 0.5) is 9.18 Å². The fourth-order valence-electron chi connectivity index (χ4n) is 4.51. The van der Waals surface area contributed by atoms with E-state index in [-0.39, 0.29) is 28.7 Å². The monoisotopic (exact) mass is 419 g/mol. The van der Waals surface area contributed by atoms with E-state index in [1.165, 1.54) is 18.2 Å². The lowest BCUT2D eigenvalue weighted by Gasteiger charge is -2.45. The second-order valence-electron chi connectivity index (χ2n) is 8.31. The van der Waals surface area contributed by atoms with Crippen molar-refractivity contribution in [2.45, 2.75) is 45.3 Å². The Balaban J connectivity index is 1.62. The fourth-order valence-corrected chi connectivity index (χ4v) is 4.69. The molecule has 1 fully saturated rings. The summed E-state index contributed by atoms with van der Waals surface area (Å²) < 4.78 is 15.2. The molecule has 3 amide bonds. The van der Waals surface area contributed by atoms with Crippen LogP contribution in [0.1, 0.15) is 42.7 Å². The number of halogens is 2. The molecule has 2 aliphatic rings. The predicted molar refractivity (Wildman–Crippen MR) is 107 cm³/mol. The third-order valence-corrected chi connectivity index (χ3v) is 6.00. The molecule has 0 bridgehead atoms. The van der Waals surface area contributed by atoms with Crippen molar-refractivity contribution in [3.05, 3.63) is 40.3 Å². The van der Waals surface area contributed by atoms with Crippen LogP contribution in [0.5, 0.6) is 0 Å². The average Bonchev–Trinajstić information content (AvgIpc) is 3.01. The van der Waals surface area contributed by atoms with Gasteiger partial charge in [-0.05, 0) is 43.9 Å². The highest BCUT2D eigenvalue weighted by Crippen LogP contribution is 2.37. The number of aromatic nitrogens is 2. The smallest absolute Gasteiger partial charge is 0.318 e. The number of urea groups is 1. The van der Waals surface area contributed by atoms with Gasteiger partial charge in [-0.1, -0.05) is 18.5 Å². The molecule has 9 heteroatoms. The number of carbonyl (C=O) groups excluding carboxylic acids is 2. The number of hydrogen-bond donors (Lipinski definition) is 2. The molecule has 1 saturated carbocycles. The molecule has 29 heavy (non-hydrogen) atoms. The summed E-state index contributed by atoms with van der Waals surface area (Å²) in [6.45, 7) is 5.33. The number of nitrogens with zero attached hydrogens (tertiary/aromatic N) is 3. The Bertz CT molecular complexity index is 999. The van der Waals surface area contributed by atoms with Gasteiger partial charge in [0.25, 0.3) is 5.91 Å². The van der Waals surface area contributed by atoms with Crippen LogP contribution in [0.3, 0.4) is 0 Å². The normalized spacial score (nSPS) is 23.3. The Hall–Kier alpha value is -2.61. The third kappa shape index (κ3) is 3.57. The van der Waals surface area contributed by atoms with E-state index in [0.717, 1.165) is 12.8 Å². The summed E-state index contributed by atoms with van der Waals surface area (Å²) in [5, 5.41) is 7.54. The molecule has 0 atom stereocenters. The number of rotatable bonds is 3. The highest BCUT2D eigenvalue weighted by Gasteiger charge is 2.40. The Morgan fingerprint density at radius 2 is 2.07 bits per heavy atom. The Kier molecular flexibility index (Phi) is 4.77. The molecule has 3 N–H and O–H groups in total. The lowest BCUT2D eigenvalue weighted by atomic mass is 9.70. The van der Waals surface area contributed by atoms with Gasteiger partial charge in [0.05, 0.1) is 29.4 Å². The minimum atomic E-state index is -0.649. The molecular weight excluding hydrogens is 397 g/mol. The maximum atomic E-state index is 13.5. The number of primary amides is 1. The van der Waals surface area contributed by atoms with Gasteiger partial charge in [-0.25, -0.2) is 9.18 Å². The van der Waals surface area contributed by atoms with Crippen LogP contribution >= 0.6 is 11.6 Å². The molecule has 4 rings (SSSR count). The highest BCUT2D eigenvalue weighted by molar-refractivity contribution is 6.31. The van der Waals surface area contributed by atoms with Crippen molar-refractivity contribution >= 4 is 23.5 Å². The lowest BCUT2D eigenvalue weighted by molar-refractivity contribution is 0.0993. The number of benzene rings is 1. The van der Waals surface area contributed by atoms with Gasteiger partial charge in [-0.3, -0.25) is 9.48 Å². The zero-order valence-corrected chi connectivity index (χ0v) is 17.1. The van der Waals surface area contributed by atoms with Gasteiger partial charge in [-0.2, -0.15) is 5.10 Å². The van der Waals surface area contributed by atoms with Crippen molar-refractivity contribution in [3.8, 4) is 11.3 Å². The second-order valence-corrected chi connectivity index (χ2v) is 8.72. The van der Waals surface area contributed by atoms with E-state index in [2.05, 4.69) is 17.3 Å². The molecule has 1 aliphatic heterocycles. The standard InChI is InChI=1S/C20H23ClFN5O2/c1-11-8-20(2,9-11)24-19(29)26-5-6-27-15(10-26)16(18(23)28)17(25-27)12-3-4-14(22)13(21)7-12/h3-4,7,11H,5-6,8-10H2,1-2H3,(H2,23,28)(H,24,29). The van der Waals surface area contributed by atoms with Gasteiger partial charge in [0.1, 0.15) is 11.5 Å². The van der Waals surface area contributed by atoms with Crippen molar-refractivity contribution < 1.29 is 14.0 Å². The van der Waals surface area contributed by atoms with Gasteiger partial charge in [0.2, 0.25) is 0 Å². The first kappa shape index (κ1) is 19.7. The lowest BCUT2D eigenvalue weighted by Crippen LogP contribution is -2.58. The molecule has 1 aromatic heterocycles. The van der Waals surface area contributed by atoms with Crippen LogP contribution < -0.4 is 11.1 Å². The second kappa shape index (κ2) is 7.02. The molecule has 154 valence electrons.